The van der Waals surface area contributed by atoms with Gasteiger partial charge in [0.25, 0.3) is 0 Å². The van der Waals surface area contributed by atoms with Crippen molar-refractivity contribution < 1.29 is 8.78 Å². The van der Waals surface area contributed by atoms with E-state index >= 15 is 0 Å². The topological polar surface area (TPSA) is 12.0 Å². The molecule has 1 aromatic carbocycles. The van der Waals surface area contributed by atoms with Crippen molar-refractivity contribution in [1.82, 2.24) is 5.32 Å². The minimum atomic E-state index is -0.490. The number of halogens is 2. The molecule has 0 bridgehead atoms. The fourth-order valence-corrected chi connectivity index (χ4v) is 2.80. The van der Waals surface area contributed by atoms with E-state index in [1.54, 1.807) is 0 Å². The molecule has 0 saturated heterocycles. The first kappa shape index (κ1) is 13.5. The van der Waals surface area contributed by atoms with Crippen LogP contribution >= 0.6 is 0 Å². The van der Waals surface area contributed by atoms with E-state index in [-0.39, 0.29) is 0 Å². The zero-order chi connectivity index (χ0) is 13.0. The summed E-state index contributed by atoms with van der Waals surface area (Å²) in [6.45, 7) is 3.08. The Bertz CT molecular complexity index is 372. The van der Waals surface area contributed by atoms with Gasteiger partial charge in [-0.15, -0.1) is 0 Å². The van der Waals surface area contributed by atoms with Crippen LogP contribution in [0.25, 0.3) is 0 Å². The van der Waals surface area contributed by atoms with Gasteiger partial charge in [0.2, 0.25) is 0 Å². The van der Waals surface area contributed by atoms with Gasteiger partial charge in [0.05, 0.1) is 0 Å². The Morgan fingerprint density at radius 2 is 1.89 bits per heavy atom. The van der Waals surface area contributed by atoms with Crippen LogP contribution in [0.3, 0.4) is 0 Å². The summed E-state index contributed by atoms with van der Waals surface area (Å²) in [5.74, 6) is -0.185. The molecular weight excluding hydrogens is 232 g/mol. The van der Waals surface area contributed by atoms with E-state index in [1.807, 2.05) is 0 Å². The first-order valence-corrected chi connectivity index (χ1v) is 6.82. The van der Waals surface area contributed by atoms with E-state index in [2.05, 4.69) is 12.2 Å². The molecule has 0 aliphatic heterocycles. The molecule has 1 aliphatic rings. The molecule has 0 amide bonds. The highest BCUT2D eigenvalue weighted by molar-refractivity contribution is 5.18. The second-order valence-corrected chi connectivity index (χ2v) is 5.45. The number of benzene rings is 1. The lowest BCUT2D eigenvalue weighted by Crippen LogP contribution is -2.34. The van der Waals surface area contributed by atoms with E-state index in [0.717, 1.165) is 24.1 Å². The van der Waals surface area contributed by atoms with Crippen molar-refractivity contribution in [3.63, 3.8) is 0 Å². The van der Waals surface area contributed by atoms with Crippen molar-refractivity contribution >= 4 is 0 Å². The lowest BCUT2D eigenvalue weighted by atomic mass is 9.87. The van der Waals surface area contributed by atoms with E-state index in [9.17, 15) is 8.78 Å². The minimum absolute atomic E-state index is 0.490. The SMILES string of the molecule is CC1CCCC(NCCc2cc(F)cc(F)c2)C1. The maximum atomic E-state index is 13.0. The molecule has 0 aromatic heterocycles. The van der Waals surface area contributed by atoms with Gasteiger partial charge in [-0.05, 0) is 49.4 Å². The van der Waals surface area contributed by atoms with Crippen LogP contribution in [-0.2, 0) is 6.42 Å². The summed E-state index contributed by atoms with van der Waals surface area (Å²) in [4.78, 5) is 0. The smallest absolute Gasteiger partial charge is 0.126 e. The molecule has 3 heteroatoms. The molecule has 1 N–H and O–H groups in total. The Morgan fingerprint density at radius 3 is 2.56 bits per heavy atom. The van der Waals surface area contributed by atoms with Gasteiger partial charge in [0.1, 0.15) is 11.6 Å². The first-order chi connectivity index (χ1) is 8.63. The Labute approximate surface area is 108 Å². The largest absolute Gasteiger partial charge is 0.314 e. The zero-order valence-corrected chi connectivity index (χ0v) is 10.9. The second-order valence-electron chi connectivity index (χ2n) is 5.45. The monoisotopic (exact) mass is 253 g/mol. The summed E-state index contributed by atoms with van der Waals surface area (Å²) in [5.41, 5.74) is 0.726. The molecule has 0 heterocycles. The summed E-state index contributed by atoms with van der Waals surface area (Å²) < 4.78 is 26.0. The molecule has 18 heavy (non-hydrogen) atoms. The molecule has 1 aliphatic carbocycles. The van der Waals surface area contributed by atoms with Crippen LogP contribution in [0, 0.1) is 17.6 Å². The van der Waals surface area contributed by atoms with E-state index in [0.29, 0.717) is 12.5 Å². The summed E-state index contributed by atoms with van der Waals surface area (Å²) in [6, 6.07) is 4.31. The molecule has 0 radical (unpaired) electrons. The van der Waals surface area contributed by atoms with Crippen LogP contribution in [0.1, 0.15) is 38.2 Å². The van der Waals surface area contributed by atoms with E-state index in [1.165, 1.54) is 37.8 Å². The van der Waals surface area contributed by atoms with Crippen LogP contribution in [0.4, 0.5) is 8.78 Å². The van der Waals surface area contributed by atoms with Crippen LogP contribution in [0.2, 0.25) is 0 Å². The van der Waals surface area contributed by atoms with Crippen molar-refractivity contribution in [1.29, 1.82) is 0 Å². The van der Waals surface area contributed by atoms with Crippen molar-refractivity contribution in [3.8, 4) is 0 Å². The summed E-state index contributed by atoms with van der Waals surface area (Å²) in [7, 11) is 0. The third-order valence-electron chi connectivity index (χ3n) is 3.71. The lowest BCUT2D eigenvalue weighted by molar-refractivity contribution is 0.303. The van der Waals surface area contributed by atoms with Crippen molar-refractivity contribution in [2.45, 2.75) is 45.1 Å². The molecule has 2 atom stereocenters. The second kappa shape index (κ2) is 6.28. The van der Waals surface area contributed by atoms with Gasteiger partial charge >= 0.3 is 0 Å². The molecule has 1 nitrogen and oxygen atoms in total. The summed E-state index contributed by atoms with van der Waals surface area (Å²) >= 11 is 0. The molecule has 100 valence electrons. The maximum absolute atomic E-state index is 13.0. The Balaban J connectivity index is 1.77. The van der Waals surface area contributed by atoms with Gasteiger partial charge in [-0.2, -0.15) is 0 Å². The Morgan fingerprint density at radius 1 is 1.17 bits per heavy atom. The van der Waals surface area contributed by atoms with Gasteiger partial charge < -0.3 is 5.32 Å². The van der Waals surface area contributed by atoms with Gasteiger partial charge in [-0.25, -0.2) is 8.78 Å². The van der Waals surface area contributed by atoms with Crippen molar-refractivity contribution in [2.75, 3.05) is 6.54 Å². The average molecular weight is 253 g/mol. The number of hydrogen-bond acceptors (Lipinski definition) is 1. The Hall–Kier alpha value is -0.960. The molecule has 1 aromatic rings. The average Bonchev–Trinajstić information content (AvgIpc) is 2.27. The number of hydrogen-bond donors (Lipinski definition) is 1. The highest BCUT2D eigenvalue weighted by atomic mass is 19.1. The normalized spacial score (nSPS) is 24.2. The van der Waals surface area contributed by atoms with Crippen molar-refractivity contribution in [2.24, 2.45) is 5.92 Å². The molecule has 0 spiro atoms. The van der Waals surface area contributed by atoms with Crippen LogP contribution in [0.15, 0.2) is 18.2 Å². The fourth-order valence-electron chi connectivity index (χ4n) is 2.80. The van der Waals surface area contributed by atoms with Gasteiger partial charge in [0.15, 0.2) is 0 Å². The van der Waals surface area contributed by atoms with Gasteiger partial charge in [-0.1, -0.05) is 19.8 Å². The fraction of sp³-hybridized carbons (Fsp3) is 0.600. The third kappa shape index (κ3) is 4.05. The summed E-state index contributed by atoms with van der Waals surface area (Å²) in [5, 5.41) is 3.49. The zero-order valence-electron chi connectivity index (χ0n) is 10.9. The standard InChI is InChI=1S/C15H21F2N/c1-11-3-2-4-15(7-11)18-6-5-12-8-13(16)10-14(17)9-12/h8-11,15,18H,2-7H2,1H3. The van der Waals surface area contributed by atoms with Crippen molar-refractivity contribution in [3.05, 3.63) is 35.4 Å². The predicted octanol–water partition coefficient (Wildman–Crippen LogP) is 3.68. The van der Waals surface area contributed by atoms with Crippen LogP contribution in [0.5, 0.6) is 0 Å². The quantitative estimate of drug-likeness (QED) is 0.863. The lowest BCUT2D eigenvalue weighted by Gasteiger charge is -2.27. The highest BCUT2D eigenvalue weighted by Crippen LogP contribution is 2.23. The summed E-state index contributed by atoms with van der Waals surface area (Å²) in [6.07, 6.45) is 5.74. The predicted molar refractivity (Wildman–Crippen MR) is 69.5 cm³/mol. The third-order valence-corrected chi connectivity index (χ3v) is 3.71. The molecule has 1 fully saturated rings. The van der Waals surface area contributed by atoms with Gasteiger partial charge in [-0.3, -0.25) is 0 Å². The first-order valence-electron chi connectivity index (χ1n) is 6.82. The Kier molecular flexibility index (Phi) is 4.70. The van der Waals surface area contributed by atoms with Gasteiger partial charge in [0, 0.05) is 12.1 Å². The molecule has 2 rings (SSSR count). The van der Waals surface area contributed by atoms with E-state index in [4.69, 9.17) is 0 Å². The molecule has 2 unspecified atom stereocenters. The number of rotatable bonds is 4. The van der Waals surface area contributed by atoms with Crippen LogP contribution in [-0.4, -0.2) is 12.6 Å². The minimum Gasteiger partial charge on any atom is -0.314 e. The molecular formula is C15H21F2N. The van der Waals surface area contributed by atoms with E-state index < -0.39 is 11.6 Å². The number of nitrogens with one attached hydrogen (secondary N) is 1. The van der Waals surface area contributed by atoms with Crippen LogP contribution < -0.4 is 5.32 Å². The highest BCUT2D eigenvalue weighted by Gasteiger charge is 2.17. The maximum Gasteiger partial charge on any atom is 0.126 e. The molecule has 1 saturated carbocycles.